The second-order valence-corrected chi connectivity index (χ2v) is 5.35. The van der Waals surface area contributed by atoms with Crippen molar-refractivity contribution in [1.29, 1.82) is 0 Å². The Hall–Kier alpha value is -1.26. The number of nitrogens with one attached hydrogen (secondary N) is 1. The zero-order chi connectivity index (χ0) is 13.1. The molecule has 1 aliphatic carbocycles. The second kappa shape index (κ2) is 5.80. The van der Waals surface area contributed by atoms with Crippen molar-refractivity contribution in [3.63, 3.8) is 0 Å². The molecule has 0 aromatic heterocycles. The third kappa shape index (κ3) is 3.01. The SMILES string of the molecule is OC(CCNC1CCCC1)c1ccc2c(c1)OCO2. The number of benzene rings is 1. The first-order valence-corrected chi connectivity index (χ1v) is 7.14. The molecule has 0 bridgehead atoms. The highest BCUT2D eigenvalue weighted by Crippen LogP contribution is 2.34. The van der Waals surface area contributed by atoms with Gasteiger partial charge in [-0.25, -0.2) is 0 Å². The Balaban J connectivity index is 1.50. The van der Waals surface area contributed by atoms with Gasteiger partial charge in [0.1, 0.15) is 0 Å². The maximum absolute atomic E-state index is 10.2. The van der Waals surface area contributed by atoms with Crippen LogP contribution in [0.5, 0.6) is 11.5 Å². The number of fused-ring (bicyclic) bond motifs is 1. The number of hydrogen-bond donors (Lipinski definition) is 2. The van der Waals surface area contributed by atoms with Crippen LogP contribution in [0.1, 0.15) is 43.8 Å². The first kappa shape index (κ1) is 12.8. The highest BCUT2D eigenvalue weighted by atomic mass is 16.7. The predicted molar refractivity (Wildman–Crippen MR) is 72.4 cm³/mol. The van der Waals surface area contributed by atoms with E-state index in [1.807, 2.05) is 18.2 Å². The van der Waals surface area contributed by atoms with Crippen LogP contribution in [0, 0.1) is 0 Å². The van der Waals surface area contributed by atoms with Gasteiger partial charge in [0, 0.05) is 6.04 Å². The molecular weight excluding hydrogens is 242 g/mol. The first-order valence-electron chi connectivity index (χ1n) is 7.14. The minimum absolute atomic E-state index is 0.276. The molecule has 1 aliphatic heterocycles. The average Bonchev–Trinajstić information content (AvgIpc) is 3.08. The summed E-state index contributed by atoms with van der Waals surface area (Å²) in [6.07, 6.45) is 5.52. The van der Waals surface area contributed by atoms with Crippen molar-refractivity contribution in [2.75, 3.05) is 13.3 Å². The molecule has 104 valence electrons. The molecule has 3 rings (SSSR count). The molecule has 1 saturated carbocycles. The summed E-state index contributed by atoms with van der Waals surface area (Å²) in [6.45, 7) is 1.14. The van der Waals surface area contributed by atoms with Gasteiger partial charge in [0.25, 0.3) is 0 Å². The highest BCUT2D eigenvalue weighted by Gasteiger charge is 2.17. The fourth-order valence-electron chi connectivity index (χ4n) is 2.84. The van der Waals surface area contributed by atoms with E-state index in [1.165, 1.54) is 25.7 Å². The Labute approximate surface area is 113 Å². The van der Waals surface area contributed by atoms with E-state index in [-0.39, 0.29) is 6.79 Å². The molecule has 0 amide bonds. The van der Waals surface area contributed by atoms with Gasteiger partial charge in [-0.3, -0.25) is 0 Å². The Kier molecular flexibility index (Phi) is 3.89. The minimum atomic E-state index is -0.441. The molecular formula is C15H21NO3. The van der Waals surface area contributed by atoms with E-state index in [0.717, 1.165) is 30.0 Å². The molecule has 0 radical (unpaired) electrons. The van der Waals surface area contributed by atoms with Crippen LogP contribution in [0.15, 0.2) is 18.2 Å². The maximum atomic E-state index is 10.2. The van der Waals surface area contributed by atoms with Crippen LogP contribution in [0.25, 0.3) is 0 Å². The van der Waals surface area contributed by atoms with Gasteiger partial charge in [-0.05, 0) is 43.5 Å². The third-order valence-electron chi connectivity index (χ3n) is 3.99. The number of ether oxygens (including phenoxy) is 2. The van der Waals surface area contributed by atoms with Crippen molar-refractivity contribution in [2.45, 2.75) is 44.2 Å². The summed E-state index contributed by atoms with van der Waals surface area (Å²) < 4.78 is 10.6. The number of aliphatic hydroxyl groups is 1. The fraction of sp³-hybridized carbons (Fsp3) is 0.600. The van der Waals surface area contributed by atoms with Crippen molar-refractivity contribution in [3.8, 4) is 11.5 Å². The summed E-state index contributed by atoms with van der Waals surface area (Å²) in [5.74, 6) is 1.50. The summed E-state index contributed by atoms with van der Waals surface area (Å²) >= 11 is 0. The molecule has 1 fully saturated rings. The van der Waals surface area contributed by atoms with Gasteiger partial charge >= 0.3 is 0 Å². The second-order valence-electron chi connectivity index (χ2n) is 5.35. The van der Waals surface area contributed by atoms with Gasteiger partial charge in [-0.1, -0.05) is 18.9 Å². The topological polar surface area (TPSA) is 50.7 Å². The molecule has 1 aromatic rings. The quantitative estimate of drug-likeness (QED) is 0.856. The fourth-order valence-corrected chi connectivity index (χ4v) is 2.84. The molecule has 1 atom stereocenters. The van der Waals surface area contributed by atoms with Crippen LogP contribution < -0.4 is 14.8 Å². The Morgan fingerprint density at radius 2 is 2.00 bits per heavy atom. The summed E-state index contributed by atoms with van der Waals surface area (Å²) in [5.41, 5.74) is 0.900. The smallest absolute Gasteiger partial charge is 0.231 e. The predicted octanol–water partition coefficient (Wildman–Crippen LogP) is 2.37. The van der Waals surface area contributed by atoms with Crippen LogP contribution >= 0.6 is 0 Å². The molecule has 4 heteroatoms. The highest BCUT2D eigenvalue weighted by molar-refractivity contribution is 5.45. The Morgan fingerprint density at radius 3 is 2.84 bits per heavy atom. The molecule has 2 aliphatic rings. The van der Waals surface area contributed by atoms with Crippen molar-refractivity contribution in [1.82, 2.24) is 5.32 Å². The van der Waals surface area contributed by atoms with Crippen LogP contribution in [-0.4, -0.2) is 24.5 Å². The van der Waals surface area contributed by atoms with Crippen LogP contribution in [-0.2, 0) is 0 Å². The lowest BCUT2D eigenvalue weighted by Crippen LogP contribution is -2.27. The number of hydrogen-bond acceptors (Lipinski definition) is 4. The lowest BCUT2D eigenvalue weighted by atomic mass is 10.1. The zero-order valence-corrected chi connectivity index (χ0v) is 11.1. The molecule has 4 nitrogen and oxygen atoms in total. The van der Waals surface area contributed by atoms with Gasteiger partial charge in [0.2, 0.25) is 6.79 Å². The van der Waals surface area contributed by atoms with E-state index in [2.05, 4.69) is 5.32 Å². The van der Waals surface area contributed by atoms with E-state index in [4.69, 9.17) is 9.47 Å². The third-order valence-corrected chi connectivity index (χ3v) is 3.99. The molecule has 0 saturated heterocycles. The standard InChI is InChI=1S/C15H21NO3/c17-13(7-8-16-12-3-1-2-4-12)11-5-6-14-15(9-11)19-10-18-14/h5-6,9,12-13,16-17H,1-4,7-8,10H2. The summed E-state index contributed by atoms with van der Waals surface area (Å²) in [6, 6.07) is 6.31. The monoisotopic (exact) mass is 263 g/mol. The first-order chi connectivity index (χ1) is 9.33. The summed E-state index contributed by atoms with van der Waals surface area (Å²) in [4.78, 5) is 0. The molecule has 2 N–H and O–H groups in total. The van der Waals surface area contributed by atoms with Crippen LogP contribution in [0.2, 0.25) is 0 Å². The van der Waals surface area contributed by atoms with Crippen molar-refractivity contribution >= 4 is 0 Å². The van der Waals surface area contributed by atoms with E-state index in [0.29, 0.717) is 6.04 Å². The van der Waals surface area contributed by atoms with Gasteiger partial charge in [-0.15, -0.1) is 0 Å². The number of aliphatic hydroxyl groups excluding tert-OH is 1. The van der Waals surface area contributed by atoms with Gasteiger partial charge in [0.05, 0.1) is 6.10 Å². The van der Waals surface area contributed by atoms with Crippen molar-refractivity contribution in [3.05, 3.63) is 23.8 Å². The Bertz CT molecular complexity index is 429. The normalized spacial score (nSPS) is 19.8. The van der Waals surface area contributed by atoms with Crippen LogP contribution in [0.3, 0.4) is 0 Å². The largest absolute Gasteiger partial charge is 0.454 e. The molecule has 1 aromatic carbocycles. The lowest BCUT2D eigenvalue weighted by molar-refractivity contribution is 0.163. The zero-order valence-electron chi connectivity index (χ0n) is 11.1. The van der Waals surface area contributed by atoms with Crippen molar-refractivity contribution in [2.24, 2.45) is 0 Å². The van der Waals surface area contributed by atoms with Gasteiger partial charge < -0.3 is 19.9 Å². The number of rotatable bonds is 5. The minimum Gasteiger partial charge on any atom is -0.454 e. The van der Waals surface area contributed by atoms with Gasteiger partial charge in [0.15, 0.2) is 11.5 Å². The summed E-state index contributed by atoms with van der Waals surface area (Å²) in [7, 11) is 0. The molecule has 1 unspecified atom stereocenters. The van der Waals surface area contributed by atoms with E-state index >= 15 is 0 Å². The van der Waals surface area contributed by atoms with Crippen LogP contribution in [0.4, 0.5) is 0 Å². The maximum Gasteiger partial charge on any atom is 0.231 e. The molecule has 1 heterocycles. The van der Waals surface area contributed by atoms with Gasteiger partial charge in [-0.2, -0.15) is 0 Å². The van der Waals surface area contributed by atoms with Crippen molar-refractivity contribution < 1.29 is 14.6 Å². The lowest BCUT2D eigenvalue weighted by Gasteiger charge is -2.15. The molecule has 19 heavy (non-hydrogen) atoms. The van der Waals surface area contributed by atoms with E-state index < -0.39 is 6.10 Å². The average molecular weight is 263 g/mol. The Morgan fingerprint density at radius 1 is 1.21 bits per heavy atom. The van der Waals surface area contributed by atoms with E-state index in [9.17, 15) is 5.11 Å². The van der Waals surface area contributed by atoms with E-state index in [1.54, 1.807) is 0 Å². The molecule has 0 spiro atoms. The summed E-state index contributed by atoms with van der Waals surface area (Å²) in [5, 5.41) is 13.7.